The van der Waals surface area contributed by atoms with Crippen molar-refractivity contribution in [3.63, 3.8) is 0 Å². The van der Waals surface area contributed by atoms with Crippen LogP contribution in [0.25, 0.3) is 6.08 Å². The third-order valence-corrected chi connectivity index (χ3v) is 7.33. The largest absolute Gasteiger partial charge is 0.352 e. The third kappa shape index (κ3) is 4.27. The number of alkyl halides is 1. The molecule has 1 saturated carbocycles. The Morgan fingerprint density at radius 1 is 1.00 bits per heavy atom. The van der Waals surface area contributed by atoms with Gasteiger partial charge in [0.1, 0.15) is 0 Å². The van der Waals surface area contributed by atoms with E-state index in [1.807, 2.05) is 24.3 Å². The number of nitrogens with zero attached hydrogens (tertiary/aromatic N) is 1. The van der Waals surface area contributed by atoms with Gasteiger partial charge in [0.15, 0.2) is 0 Å². The monoisotopic (exact) mass is 433 g/mol. The molecule has 2 heterocycles. The number of benzene rings is 2. The number of hydrazone groups is 1. The Kier molecular flexibility index (Phi) is 5.82. The Morgan fingerprint density at radius 3 is 2.52 bits per heavy atom. The summed E-state index contributed by atoms with van der Waals surface area (Å²) in [5, 5.41) is 8.15. The van der Waals surface area contributed by atoms with Crippen molar-refractivity contribution in [2.75, 3.05) is 0 Å². The molecule has 1 saturated heterocycles. The normalized spacial score (nSPS) is 32.8. The standard InChI is InChI=1S/C26H28ClN3O/c27-19-12-14-22-21(15-19)24(18-9-5-2-6-10-18)25(26(31)28-22)23-16-20(29-30-23)13-11-17-7-3-1-4-8-17/h1-11,13,19-22,24-25,29H,12,14-16H2,(H,28,31)/b13-11+. The minimum atomic E-state index is -0.256. The molecule has 0 radical (unpaired) electrons. The van der Waals surface area contributed by atoms with Crippen LogP contribution in [0.1, 0.15) is 42.7 Å². The fourth-order valence-corrected chi connectivity index (χ4v) is 5.80. The van der Waals surface area contributed by atoms with Crippen molar-refractivity contribution >= 4 is 29.3 Å². The predicted octanol–water partition coefficient (Wildman–Crippen LogP) is 4.72. The molecule has 4 nitrogen and oxygen atoms in total. The van der Waals surface area contributed by atoms with Crippen LogP contribution in [0.3, 0.4) is 0 Å². The first-order valence-corrected chi connectivity index (χ1v) is 11.7. The lowest BCUT2D eigenvalue weighted by molar-refractivity contribution is -0.128. The fourth-order valence-electron chi connectivity index (χ4n) is 5.47. The second-order valence-corrected chi connectivity index (χ2v) is 9.53. The summed E-state index contributed by atoms with van der Waals surface area (Å²) in [5.74, 6) is 0.298. The summed E-state index contributed by atoms with van der Waals surface area (Å²) in [6, 6.07) is 21.0. The van der Waals surface area contributed by atoms with Crippen LogP contribution < -0.4 is 10.7 Å². The molecule has 1 amide bonds. The zero-order valence-electron chi connectivity index (χ0n) is 17.5. The van der Waals surface area contributed by atoms with Gasteiger partial charge in [-0.1, -0.05) is 72.8 Å². The van der Waals surface area contributed by atoms with Gasteiger partial charge in [-0.15, -0.1) is 11.6 Å². The Bertz CT molecular complexity index is 975. The van der Waals surface area contributed by atoms with Crippen molar-refractivity contribution in [1.29, 1.82) is 0 Å². The first-order valence-electron chi connectivity index (χ1n) is 11.2. The average Bonchev–Trinajstić information content (AvgIpc) is 3.27. The molecule has 31 heavy (non-hydrogen) atoms. The number of carbonyl (C=O) groups is 1. The van der Waals surface area contributed by atoms with E-state index in [9.17, 15) is 4.79 Å². The highest BCUT2D eigenvalue weighted by Crippen LogP contribution is 2.46. The Morgan fingerprint density at radius 2 is 1.74 bits per heavy atom. The van der Waals surface area contributed by atoms with E-state index in [2.05, 4.69) is 64.4 Å². The molecular weight excluding hydrogens is 406 g/mol. The summed E-state index contributed by atoms with van der Waals surface area (Å²) in [4.78, 5) is 13.3. The van der Waals surface area contributed by atoms with Gasteiger partial charge >= 0.3 is 0 Å². The number of rotatable bonds is 4. The van der Waals surface area contributed by atoms with Crippen LogP contribution in [-0.2, 0) is 4.79 Å². The number of halogens is 1. The molecule has 3 aliphatic rings. The highest BCUT2D eigenvalue weighted by molar-refractivity contribution is 6.20. The van der Waals surface area contributed by atoms with Crippen molar-refractivity contribution < 1.29 is 4.79 Å². The van der Waals surface area contributed by atoms with E-state index in [1.165, 1.54) is 5.56 Å². The lowest BCUT2D eigenvalue weighted by Crippen LogP contribution is -2.57. The van der Waals surface area contributed by atoms with E-state index in [0.29, 0.717) is 5.92 Å². The number of piperidine rings is 1. The van der Waals surface area contributed by atoms with Crippen LogP contribution in [0.4, 0.5) is 0 Å². The van der Waals surface area contributed by atoms with Crippen LogP contribution >= 0.6 is 11.6 Å². The molecule has 6 atom stereocenters. The van der Waals surface area contributed by atoms with Crippen molar-refractivity contribution in [2.24, 2.45) is 16.9 Å². The van der Waals surface area contributed by atoms with Gasteiger partial charge in [-0.05, 0) is 36.3 Å². The third-order valence-electron chi connectivity index (χ3n) is 6.93. The van der Waals surface area contributed by atoms with Gasteiger partial charge in [-0.25, -0.2) is 0 Å². The summed E-state index contributed by atoms with van der Waals surface area (Å²) < 4.78 is 0. The summed E-state index contributed by atoms with van der Waals surface area (Å²) in [6.45, 7) is 0. The first-order chi connectivity index (χ1) is 15.2. The van der Waals surface area contributed by atoms with Gasteiger partial charge in [0.2, 0.25) is 5.91 Å². The number of fused-ring (bicyclic) bond motifs is 1. The van der Waals surface area contributed by atoms with Gasteiger partial charge < -0.3 is 10.7 Å². The zero-order chi connectivity index (χ0) is 21.2. The molecule has 0 spiro atoms. The minimum Gasteiger partial charge on any atom is -0.352 e. The van der Waals surface area contributed by atoms with Crippen LogP contribution in [0.5, 0.6) is 0 Å². The zero-order valence-corrected chi connectivity index (χ0v) is 18.2. The lowest BCUT2D eigenvalue weighted by atomic mass is 9.64. The van der Waals surface area contributed by atoms with E-state index in [1.54, 1.807) is 0 Å². The molecule has 5 heteroatoms. The smallest absolute Gasteiger partial charge is 0.229 e. The lowest BCUT2D eigenvalue weighted by Gasteiger charge is -2.46. The van der Waals surface area contributed by atoms with Gasteiger partial charge in [0.25, 0.3) is 0 Å². The Balaban J connectivity index is 1.40. The summed E-state index contributed by atoms with van der Waals surface area (Å²) in [5.41, 5.74) is 6.57. The second kappa shape index (κ2) is 8.88. The highest BCUT2D eigenvalue weighted by atomic mass is 35.5. The van der Waals surface area contributed by atoms with E-state index in [0.717, 1.165) is 37.0 Å². The maximum atomic E-state index is 13.3. The van der Waals surface area contributed by atoms with Gasteiger partial charge in [-0.3, -0.25) is 4.79 Å². The number of amides is 1. The quantitative estimate of drug-likeness (QED) is 0.685. The first kappa shape index (κ1) is 20.3. The molecule has 2 N–H and O–H groups in total. The van der Waals surface area contributed by atoms with Gasteiger partial charge in [-0.2, -0.15) is 5.10 Å². The molecule has 2 aliphatic heterocycles. The second-order valence-electron chi connectivity index (χ2n) is 8.92. The maximum absolute atomic E-state index is 13.3. The number of hydrogen-bond acceptors (Lipinski definition) is 3. The number of hydrogen-bond donors (Lipinski definition) is 2. The summed E-state index contributed by atoms with van der Waals surface area (Å²) >= 11 is 6.59. The molecule has 2 aromatic carbocycles. The fraction of sp³-hybridized carbons (Fsp3) is 0.385. The Hall–Kier alpha value is -2.59. The molecule has 2 aromatic rings. The van der Waals surface area contributed by atoms with Gasteiger partial charge in [0.05, 0.1) is 17.7 Å². The molecule has 1 aliphatic carbocycles. The van der Waals surface area contributed by atoms with Crippen molar-refractivity contribution in [1.82, 2.24) is 10.7 Å². The van der Waals surface area contributed by atoms with E-state index >= 15 is 0 Å². The molecule has 2 fully saturated rings. The average molecular weight is 434 g/mol. The van der Waals surface area contributed by atoms with Crippen molar-refractivity contribution in [2.45, 2.75) is 49.1 Å². The van der Waals surface area contributed by atoms with Crippen LogP contribution in [0.15, 0.2) is 71.8 Å². The molecule has 6 unspecified atom stereocenters. The van der Waals surface area contributed by atoms with Crippen molar-refractivity contribution in [3.8, 4) is 0 Å². The van der Waals surface area contributed by atoms with E-state index in [-0.39, 0.29) is 35.2 Å². The molecule has 0 bridgehead atoms. The van der Waals surface area contributed by atoms with Crippen LogP contribution in [0.2, 0.25) is 0 Å². The minimum absolute atomic E-state index is 0.101. The van der Waals surface area contributed by atoms with Gasteiger partial charge in [0, 0.05) is 23.8 Å². The van der Waals surface area contributed by atoms with Crippen LogP contribution in [0, 0.1) is 11.8 Å². The van der Waals surface area contributed by atoms with E-state index < -0.39 is 0 Å². The topological polar surface area (TPSA) is 53.5 Å². The highest BCUT2D eigenvalue weighted by Gasteiger charge is 2.49. The molecular formula is C26H28ClN3O. The molecule has 5 rings (SSSR count). The summed E-state index contributed by atoms with van der Waals surface area (Å²) in [6.07, 6.45) is 7.84. The SMILES string of the molecule is O=C1NC2CCC(Cl)CC2C(c2ccccc2)C1C1=NNC(/C=C/c2ccccc2)C1. The van der Waals surface area contributed by atoms with Crippen molar-refractivity contribution in [3.05, 3.63) is 77.9 Å². The number of carbonyl (C=O) groups excluding carboxylic acids is 1. The maximum Gasteiger partial charge on any atom is 0.229 e. The predicted molar refractivity (Wildman–Crippen MR) is 126 cm³/mol. The molecule has 160 valence electrons. The number of nitrogens with one attached hydrogen (secondary N) is 2. The molecule has 0 aromatic heterocycles. The Labute approximate surface area is 188 Å². The summed E-state index contributed by atoms with van der Waals surface area (Å²) in [7, 11) is 0. The van der Waals surface area contributed by atoms with E-state index in [4.69, 9.17) is 11.6 Å². The van der Waals surface area contributed by atoms with Crippen LogP contribution in [-0.4, -0.2) is 29.1 Å².